The van der Waals surface area contributed by atoms with E-state index in [0.29, 0.717) is 25.2 Å². The van der Waals surface area contributed by atoms with E-state index in [1.54, 1.807) is 17.8 Å². The summed E-state index contributed by atoms with van der Waals surface area (Å²) >= 11 is 1.43. The summed E-state index contributed by atoms with van der Waals surface area (Å²) in [4.78, 5) is 33.8. The first kappa shape index (κ1) is 15.6. The molecule has 2 aromatic rings. The monoisotopic (exact) mass is 330 g/mol. The number of carbonyl (C=O) groups excluding carboxylic acids is 2. The molecule has 1 saturated heterocycles. The van der Waals surface area contributed by atoms with E-state index in [4.69, 9.17) is 0 Å². The molecule has 0 atom stereocenters. The van der Waals surface area contributed by atoms with E-state index >= 15 is 0 Å². The summed E-state index contributed by atoms with van der Waals surface area (Å²) in [5, 5.41) is 5.39. The van der Waals surface area contributed by atoms with Crippen molar-refractivity contribution in [2.45, 2.75) is 19.3 Å². The van der Waals surface area contributed by atoms with E-state index in [-0.39, 0.29) is 11.8 Å². The van der Waals surface area contributed by atoms with E-state index < -0.39 is 0 Å². The lowest BCUT2D eigenvalue weighted by atomic mass is 10.3. The maximum atomic E-state index is 12.1. The van der Waals surface area contributed by atoms with Gasteiger partial charge in [0.1, 0.15) is 10.7 Å². The van der Waals surface area contributed by atoms with Gasteiger partial charge in [-0.15, -0.1) is 11.3 Å². The van der Waals surface area contributed by atoms with Crippen LogP contribution in [0.25, 0.3) is 10.6 Å². The van der Waals surface area contributed by atoms with Crippen LogP contribution in [-0.4, -0.2) is 46.3 Å². The third kappa shape index (κ3) is 3.92. The van der Waals surface area contributed by atoms with E-state index in [9.17, 15) is 9.59 Å². The van der Waals surface area contributed by atoms with Crippen LogP contribution in [0.1, 0.15) is 29.8 Å². The molecule has 0 spiro atoms. The van der Waals surface area contributed by atoms with Crippen LogP contribution in [-0.2, 0) is 4.79 Å². The molecule has 2 amide bonds. The first-order valence-electron chi connectivity index (χ1n) is 7.66. The first-order chi connectivity index (χ1) is 11.2. The number of likely N-dealkylation sites (tertiary alicyclic amines) is 1. The average molecular weight is 330 g/mol. The number of amides is 2. The highest BCUT2D eigenvalue weighted by Crippen LogP contribution is 2.22. The van der Waals surface area contributed by atoms with Crippen LogP contribution < -0.4 is 5.32 Å². The normalized spacial score (nSPS) is 14.3. The zero-order valence-corrected chi connectivity index (χ0v) is 13.5. The fraction of sp³-hybridized carbons (Fsp3) is 0.375. The van der Waals surface area contributed by atoms with Crippen molar-refractivity contribution in [1.82, 2.24) is 20.2 Å². The van der Waals surface area contributed by atoms with Crippen LogP contribution in [0.3, 0.4) is 0 Å². The number of nitrogens with one attached hydrogen (secondary N) is 1. The summed E-state index contributed by atoms with van der Waals surface area (Å²) in [6.45, 7) is 2.09. The molecule has 1 fully saturated rings. The lowest BCUT2D eigenvalue weighted by molar-refractivity contribution is -0.127. The minimum atomic E-state index is -0.177. The summed E-state index contributed by atoms with van der Waals surface area (Å²) < 4.78 is 0. The third-order valence-corrected chi connectivity index (χ3v) is 4.60. The van der Waals surface area contributed by atoms with Crippen molar-refractivity contribution in [1.29, 1.82) is 0 Å². The largest absolute Gasteiger partial charge is 0.351 e. The van der Waals surface area contributed by atoms with Gasteiger partial charge in [-0.1, -0.05) is 0 Å². The SMILES string of the molecule is O=C(NCCCN1CCCC1=O)c1csc(-c2cccnc2)n1. The lowest BCUT2D eigenvalue weighted by Gasteiger charge is -2.14. The fourth-order valence-corrected chi connectivity index (χ4v) is 3.29. The molecule has 120 valence electrons. The van der Waals surface area contributed by atoms with Gasteiger partial charge in [0.2, 0.25) is 5.91 Å². The van der Waals surface area contributed by atoms with Crippen molar-refractivity contribution >= 4 is 23.2 Å². The zero-order chi connectivity index (χ0) is 16.1. The predicted molar refractivity (Wildman–Crippen MR) is 88.1 cm³/mol. The molecular weight excluding hydrogens is 312 g/mol. The molecule has 0 aromatic carbocycles. The van der Waals surface area contributed by atoms with Crippen molar-refractivity contribution in [2.24, 2.45) is 0 Å². The van der Waals surface area contributed by atoms with Gasteiger partial charge >= 0.3 is 0 Å². The highest BCUT2D eigenvalue weighted by Gasteiger charge is 2.19. The summed E-state index contributed by atoms with van der Waals surface area (Å²) in [7, 11) is 0. The Morgan fingerprint density at radius 2 is 2.35 bits per heavy atom. The second-order valence-corrected chi connectivity index (χ2v) is 6.23. The molecular formula is C16H18N4O2S. The minimum absolute atomic E-state index is 0.177. The van der Waals surface area contributed by atoms with Crippen molar-refractivity contribution in [3.63, 3.8) is 0 Å². The molecule has 0 aliphatic carbocycles. The van der Waals surface area contributed by atoms with E-state index in [1.165, 1.54) is 11.3 Å². The fourth-order valence-electron chi connectivity index (χ4n) is 2.50. The topological polar surface area (TPSA) is 75.2 Å². The maximum Gasteiger partial charge on any atom is 0.270 e. The molecule has 3 heterocycles. The van der Waals surface area contributed by atoms with Gasteiger partial charge < -0.3 is 10.2 Å². The van der Waals surface area contributed by atoms with Crippen molar-refractivity contribution in [3.05, 3.63) is 35.6 Å². The van der Waals surface area contributed by atoms with E-state index in [2.05, 4.69) is 15.3 Å². The number of nitrogens with zero attached hydrogens (tertiary/aromatic N) is 3. The van der Waals surface area contributed by atoms with Gasteiger partial charge in [-0.2, -0.15) is 0 Å². The Labute approximate surface area is 138 Å². The van der Waals surface area contributed by atoms with Crippen LogP contribution in [0.15, 0.2) is 29.9 Å². The Hall–Kier alpha value is -2.28. The second-order valence-electron chi connectivity index (χ2n) is 5.37. The van der Waals surface area contributed by atoms with Gasteiger partial charge in [-0.3, -0.25) is 14.6 Å². The number of hydrogen-bond acceptors (Lipinski definition) is 5. The van der Waals surface area contributed by atoms with Gasteiger partial charge in [-0.25, -0.2) is 4.98 Å². The summed E-state index contributed by atoms with van der Waals surface area (Å²) in [5.74, 6) is 0.0427. The molecule has 0 bridgehead atoms. The number of pyridine rings is 1. The number of carbonyl (C=O) groups is 2. The van der Waals surface area contributed by atoms with Crippen molar-refractivity contribution < 1.29 is 9.59 Å². The second kappa shape index (κ2) is 7.32. The third-order valence-electron chi connectivity index (χ3n) is 3.71. The van der Waals surface area contributed by atoms with E-state index in [1.807, 2.05) is 17.0 Å². The summed E-state index contributed by atoms with van der Waals surface area (Å²) in [6, 6.07) is 3.76. The maximum absolute atomic E-state index is 12.1. The molecule has 23 heavy (non-hydrogen) atoms. The van der Waals surface area contributed by atoms with Gasteiger partial charge in [0.25, 0.3) is 5.91 Å². The van der Waals surface area contributed by atoms with E-state index in [0.717, 1.165) is 30.0 Å². The predicted octanol–water partition coefficient (Wildman–Crippen LogP) is 1.95. The lowest BCUT2D eigenvalue weighted by Crippen LogP contribution is -2.30. The molecule has 6 nitrogen and oxygen atoms in total. The van der Waals surface area contributed by atoms with Gasteiger partial charge in [0, 0.05) is 49.4 Å². The van der Waals surface area contributed by atoms with Crippen LogP contribution in [0.2, 0.25) is 0 Å². The average Bonchev–Trinajstić information content (AvgIpc) is 3.22. The molecule has 0 radical (unpaired) electrons. The molecule has 2 aromatic heterocycles. The molecule has 0 unspecified atom stereocenters. The Kier molecular flexibility index (Phi) is 4.97. The van der Waals surface area contributed by atoms with Gasteiger partial charge in [-0.05, 0) is 25.0 Å². The highest BCUT2D eigenvalue weighted by molar-refractivity contribution is 7.13. The standard InChI is InChI=1S/C16H18N4O2S/c21-14-5-2-8-20(14)9-3-7-18-15(22)13-11-23-16(19-13)12-4-1-6-17-10-12/h1,4,6,10-11H,2-3,5,7-9H2,(H,18,22). The summed E-state index contributed by atoms with van der Waals surface area (Å²) in [6.07, 6.45) is 5.80. The van der Waals surface area contributed by atoms with Crippen LogP contribution in [0.5, 0.6) is 0 Å². The quantitative estimate of drug-likeness (QED) is 0.822. The Balaban J connectivity index is 1.47. The molecule has 7 heteroatoms. The summed E-state index contributed by atoms with van der Waals surface area (Å²) in [5.41, 5.74) is 1.33. The van der Waals surface area contributed by atoms with Crippen LogP contribution in [0.4, 0.5) is 0 Å². The van der Waals surface area contributed by atoms with Crippen LogP contribution >= 0.6 is 11.3 Å². The number of rotatable bonds is 6. The smallest absolute Gasteiger partial charge is 0.270 e. The minimum Gasteiger partial charge on any atom is -0.351 e. The molecule has 3 rings (SSSR count). The van der Waals surface area contributed by atoms with Gasteiger partial charge in [0.15, 0.2) is 0 Å². The molecule has 1 aliphatic rings. The zero-order valence-electron chi connectivity index (χ0n) is 12.7. The molecule has 0 saturated carbocycles. The Morgan fingerprint density at radius 1 is 1.43 bits per heavy atom. The molecule has 1 aliphatic heterocycles. The number of hydrogen-bond donors (Lipinski definition) is 1. The number of thiazole rings is 1. The van der Waals surface area contributed by atoms with Crippen molar-refractivity contribution in [2.75, 3.05) is 19.6 Å². The molecule has 1 N–H and O–H groups in total. The van der Waals surface area contributed by atoms with Crippen LogP contribution in [0, 0.1) is 0 Å². The first-order valence-corrected chi connectivity index (χ1v) is 8.54. The highest BCUT2D eigenvalue weighted by atomic mass is 32.1. The Bertz CT molecular complexity index is 686. The van der Waals surface area contributed by atoms with Gasteiger partial charge in [0.05, 0.1) is 0 Å². The Morgan fingerprint density at radius 3 is 3.09 bits per heavy atom. The van der Waals surface area contributed by atoms with Crippen molar-refractivity contribution in [3.8, 4) is 10.6 Å². The number of aromatic nitrogens is 2.